The first kappa shape index (κ1) is 42.8. The Morgan fingerprint density at radius 3 is 2.30 bits per heavy atom. The Hall–Kier alpha value is -5.46. The van der Waals surface area contributed by atoms with Gasteiger partial charge in [-0.15, -0.1) is 0 Å². The van der Waals surface area contributed by atoms with Crippen molar-refractivity contribution in [2.45, 2.75) is 138 Å². The van der Waals surface area contributed by atoms with Gasteiger partial charge in [-0.2, -0.15) is 18.2 Å². The molecule has 63 heavy (non-hydrogen) atoms. The topological polar surface area (TPSA) is 199 Å². The average molecular weight is 895 g/mol. The second-order valence-corrected chi connectivity index (χ2v) is 19.5. The molecule has 3 N–H and O–H groups in total. The first-order valence-corrected chi connectivity index (χ1v) is 23.4. The predicted octanol–water partition coefficient (Wildman–Crippen LogP) is 6.68. The van der Waals surface area contributed by atoms with Crippen LogP contribution in [0.3, 0.4) is 0 Å². The van der Waals surface area contributed by atoms with Crippen LogP contribution in [0.25, 0.3) is 33.5 Å². The van der Waals surface area contributed by atoms with Gasteiger partial charge in [0.15, 0.2) is 5.82 Å². The molecular formula is C44H49F3N6O9S. The van der Waals surface area contributed by atoms with E-state index in [1.807, 2.05) is 0 Å². The number of hydrogen-bond donors (Lipinski definition) is 3. The summed E-state index contributed by atoms with van der Waals surface area (Å²) in [5.41, 5.74) is -1.21. The summed E-state index contributed by atoms with van der Waals surface area (Å²) in [6.45, 7) is -0.174. The van der Waals surface area contributed by atoms with Crippen LogP contribution < -0.4 is 20.1 Å². The van der Waals surface area contributed by atoms with Crippen LogP contribution in [0.15, 0.2) is 52.9 Å². The Balaban J connectivity index is 1.05. The number of ether oxygens (including phenoxy) is 2. The molecule has 4 amide bonds. The number of fused-ring (bicyclic) bond motifs is 5. The van der Waals surface area contributed by atoms with E-state index < -0.39 is 74.6 Å². The van der Waals surface area contributed by atoms with E-state index in [0.29, 0.717) is 42.2 Å². The number of alkyl carbamates (subject to hydrolysis) is 1. The van der Waals surface area contributed by atoms with Crippen LogP contribution in [0.2, 0.25) is 0 Å². The van der Waals surface area contributed by atoms with Gasteiger partial charge in [0.25, 0.3) is 11.8 Å². The van der Waals surface area contributed by atoms with Gasteiger partial charge in [0, 0.05) is 17.4 Å². The van der Waals surface area contributed by atoms with Crippen molar-refractivity contribution in [2.24, 2.45) is 5.92 Å². The van der Waals surface area contributed by atoms with Crippen molar-refractivity contribution in [2.75, 3.05) is 6.54 Å². The third kappa shape index (κ3) is 9.02. The van der Waals surface area contributed by atoms with Crippen LogP contribution in [-0.4, -0.2) is 88.7 Å². The second-order valence-electron chi connectivity index (χ2n) is 17.6. The molecule has 0 radical (unpaired) electrons. The number of hydrogen-bond acceptors (Lipinski definition) is 11. The third-order valence-corrected chi connectivity index (χ3v) is 14.9. The maximum atomic E-state index is 14.8. The normalized spacial score (nSPS) is 26.3. The van der Waals surface area contributed by atoms with Gasteiger partial charge in [-0.3, -0.25) is 19.1 Å². The number of halogens is 3. The van der Waals surface area contributed by atoms with Crippen LogP contribution in [0, 0.1) is 5.92 Å². The van der Waals surface area contributed by atoms with Crippen LogP contribution >= 0.6 is 0 Å². The van der Waals surface area contributed by atoms with E-state index in [1.54, 1.807) is 24.3 Å². The van der Waals surface area contributed by atoms with E-state index in [9.17, 15) is 40.8 Å². The van der Waals surface area contributed by atoms with Gasteiger partial charge in [0.2, 0.25) is 27.4 Å². The van der Waals surface area contributed by atoms with Gasteiger partial charge < -0.3 is 29.4 Å². The molecule has 5 aliphatic rings. The number of benzene rings is 2. The molecule has 0 bridgehead atoms. The highest BCUT2D eigenvalue weighted by molar-refractivity contribution is 7.91. The standard InChI is InChI=1S/C44H49F3N6O9S/c45-44(46,47)26-18-16-25(17-19-26)37-49-35-31-13-8-9-15-34(31)62-36(35)39(50-37)60-29-22-33-38(54)51-43(41(56)52-63(58,59)30-20-21-30)23-27(43)10-4-2-1-3-5-14-32(40(55)53(33)24-29)48-42(57)61-28-11-6-7-12-28/h8-9,13,15-19,27-30,32-33H,1-7,10-12,14,20-24H2,(H,48,57)(H,51,54)(H,52,56). The molecule has 5 fully saturated rings. The van der Waals surface area contributed by atoms with Crippen LogP contribution in [0.5, 0.6) is 5.88 Å². The molecule has 336 valence electrons. The fourth-order valence-electron chi connectivity index (χ4n) is 9.33. The van der Waals surface area contributed by atoms with Crippen LogP contribution in [-0.2, 0) is 35.3 Å². The fourth-order valence-corrected chi connectivity index (χ4v) is 10.7. The minimum atomic E-state index is -4.56. The van der Waals surface area contributed by atoms with Gasteiger partial charge in [0.1, 0.15) is 40.9 Å². The van der Waals surface area contributed by atoms with Crippen molar-refractivity contribution in [1.82, 2.24) is 30.2 Å². The zero-order chi connectivity index (χ0) is 44.1. The maximum absolute atomic E-state index is 14.8. The molecule has 5 atom stereocenters. The van der Waals surface area contributed by atoms with E-state index >= 15 is 0 Å². The fraction of sp³-hybridized carbons (Fsp3) is 0.545. The molecular weight excluding hydrogens is 846 g/mol. The molecule has 19 heteroatoms. The number of nitrogens with zero attached hydrogens (tertiary/aromatic N) is 3. The van der Waals surface area contributed by atoms with Crippen molar-refractivity contribution in [3.63, 3.8) is 0 Å². The number of carbonyl (C=O) groups excluding carboxylic acids is 4. The molecule has 2 aliphatic heterocycles. The lowest BCUT2D eigenvalue weighted by Gasteiger charge is -2.30. The molecule has 15 nitrogen and oxygen atoms in total. The molecule has 4 heterocycles. The lowest BCUT2D eigenvalue weighted by atomic mass is 10.0. The van der Waals surface area contributed by atoms with Crippen molar-refractivity contribution in [3.05, 3.63) is 54.1 Å². The van der Waals surface area contributed by atoms with Crippen molar-refractivity contribution in [1.29, 1.82) is 0 Å². The Labute approximate surface area is 361 Å². The third-order valence-electron chi connectivity index (χ3n) is 13.1. The van der Waals surface area contributed by atoms with Crippen molar-refractivity contribution in [3.8, 4) is 17.3 Å². The minimum absolute atomic E-state index is 0.0401. The van der Waals surface area contributed by atoms with E-state index in [2.05, 4.69) is 25.3 Å². The molecule has 0 spiro atoms. The molecule has 2 saturated heterocycles. The summed E-state index contributed by atoms with van der Waals surface area (Å²) in [6.07, 6.45) is 2.39. The largest absolute Gasteiger partial charge is 0.470 e. The number of alkyl halides is 3. The predicted molar refractivity (Wildman–Crippen MR) is 221 cm³/mol. The van der Waals surface area contributed by atoms with Crippen molar-refractivity contribution >= 4 is 55.9 Å². The number of sulfonamides is 1. The summed E-state index contributed by atoms with van der Waals surface area (Å²) in [4.78, 5) is 67.1. The summed E-state index contributed by atoms with van der Waals surface area (Å²) >= 11 is 0. The molecule has 9 rings (SSSR count). The van der Waals surface area contributed by atoms with Gasteiger partial charge in [-0.05, 0) is 88.0 Å². The number of furan rings is 1. The van der Waals surface area contributed by atoms with E-state index in [0.717, 1.165) is 63.5 Å². The summed E-state index contributed by atoms with van der Waals surface area (Å²) in [5.74, 6) is -2.43. The number of rotatable bonds is 8. The molecule has 5 unspecified atom stereocenters. The van der Waals surface area contributed by atoms with Crippen LogP contribution in [0.1, 0.15) is 102 Å². The number of carbonyl (C=O) groups is 4. The van der Waals surface area contributed by atoms with E-state index in [4.69, 9.17) is 13.9 Å². The van der Waals surface area contributed by atoms with Crippen LogP contribution in [0.4, 0.5) is 18.0 Å². The Morgan fingerprint density at radius 1 is 0.873 bits per heavy atom. The summed E-state index contributed by atoms with van der Waals surface area (Å²) < 4.78 is 87.0. The molecule has 4 aromatic rings. The van der Waals surface area contributed by atoms with Crippen molar-refractivity contribution < 1.29 is 54.7 Å². The van der Waals surface area contributed by atoms with Gasteiger partial charge in [-0.25, -0.2) is 18.2 Å². The number of aromatic nitrogens is 2. The number of nitrogens with one attached hydrogen (secondary N) is 3. The highest BCUT2D eigenvalue weighted by atomic mass is 32.2. The van der Waals surface area contributed by atoms with Gasteiger partial charge >= 0.3 is 12.3 Å². The first-order valence-electron chi connectivity index (χ1n) is 21.9. The highest BCUT2D eigenvalue weighted by Gasteiger charge is 2.62. The Bertz CT molecular complexity index is 2530. The number of para-hydroxylation sites is 1. The summed E-state index contributed by atoms with van der Waals surface area (Å²) in [6, 6.07) is 9.06. The molecule has 2 aromatic heterocycles. The summed E-state index contributed by atoms with van der Waals surface area (Å²) in [7, 11) is -3.95. The smallest absolute Gasteiger partial charge is 0.416 e. The lowest BCUT2D eigenvalue weighted by molar-refractivity contribution is -0.141. The molecule has 2 aromatic carbocycles. The number of amides is 4. The minimum Gasteiger partial charge on any atom is -0.470 e. The Morgan fingerprint density at radius 2 is 1.57 bits per heavy atom. The SMILES string of the molecule is O=C(NC1CCCCCCCC2CC2(C(=O)NS(=O)(=O)C2CC2)NC(=O)C2CC(Oc3nc(-c4ccc(C(F)(F)F)cc4)nc4c3oc3ccccc34)CN2C1=O)OC1CCCC1. The molecule has 3 saturated carbocycles. The van der Waals surface area contributed by atoms with Gasteiger partial charge in [-0.1, -0.05) is 56.4 Å². The lowest BCUT2D eigenvalue weighted by Crippen LogP contribution is -2.58. The highest BCUT2D eigenvalue weighted by Crippen LogP contribution is 2.48. The Kier molecular flexibility index (Phi) is 11.5. The monoisotopic (exact) mass is 894 g/mol. The average Bonchev–Trinajstić information content (AvgIpc) is 4.06. The summed E-state index contributed by atoms with van der Waals surface area (Å²) in [5, 5.41) is 5.59. The van der Waals surface area contributed by atoms with Gasteiger partial charge in [0.05, 0.1) is 17.4 Å². The quantitative estimate of drug-likeness (QED) is 0.171. The zero-order valence-electron chi connectivity index (χ0n) is 34.5. The maximum Gasteiger partial charge on any atom is 0.416 e. The van der Waals surface area contributed by atoms with E-state index in [-0.39, 0.29) is 60.7 Å². The first-order chi connectivity index (χ1) is 30.2. The zero-order valence-corrected chi connectivity index (χ0v) is 35.3. The molecule has 3 aliphatic carbocycles. The van der Waals surface area contributed by atoms with E-state index in [1.165, 1.54) is 17.0 Å². The second kappa shape index (κ2) is 16.9.